The highest BCUT2D eigenvalue weighted by Gasteiger charge is 2.61. The van der Waals surface area contributed by atoms with Gasteiger partial charge in [-0.05, 0) is 91.7 Å². The van der Waals surface area contributed by atoms with Crippen molar-refractivity contribution in [1.29, 1.82) is 0 Å². The average Bonchev–Trinajstić information content (AvgIpc) is 2.84. The molecule has 4 aliphatic carbocycles. The number of hydrogen-bond acceptors (Lipinski definition) is 4. The largest absolute Gasteiger partial charge is 0.497 e. The number of carbonyl (C=O) groups is 1. The van der Waals surface area contributed by atoms with E-state index in [0.717, 1.165) is 75.3 Å². The summed E-state index contributed by atoms with van der Waals surface area (Å²) >= 11 is 0. The third-order valence-corrected chi connectivity index (χ3v) is 8.79. The second kappa shape index (κ2) is 8.26. The zero-order valence-electron chi connectivity index (χ0n) is 19.8. The highest BCUT2D eigenvalue weighted by molar-refractivity contribution is 5.96. The fourth-order valence-electron chi connectivity index (χ4n) is 7.74. The zero-order chi connectivity index (χ0) is 23.3. The van der Waals surface area contributed by atoms with E-state index in [1.807, 2.05) is 24.3 Å². The van der Waals surface area contributed by atoms with Gasteiger partial charge in [-0.3, -0.25) is 4.79 Å². The Balaban J connectivity index is 1.24. The van der Waals surface area contributed by atoms with E-state index in [4.69, 9.17) is 9.47 Å². The molecule has 0 spiro atoms. The minimum Gasteiger partial charge on any atom is -0.497 e. The van der Waals surface area contributed by atoms with Crippen molar-refractivity contribution in [3.05, 3.63) is 53.8 Å². The van der Waals surface area contributed by atoms with Crippen LogP contribution in [0.5, 0.6) is 5.75 Å². The summed E-state index contributed by atoms with van der Waals surface area (Å²) in [7, 11) is 1.56. The van der Waals surface area contributed by atoms with Crippen LogP contribution in [0.3, 0.4) is 0 Å². The summed E-state index contributed by atoms with van der Waals surface area (Å²) < 4.78 is 25.9. The van der Waals surface area contributed by atoms with Gasteiger partial charge < -0.3 is 19.7 Å². The van der Waals surface area contributed by atoms with Gasteiger partial charge in [0.05, 0.1) is 25.7 Å². The van der Waals surface area contributed by atoms with Crippen LogP contribution in [0.15, 0.2) is 42.5 Å². The van der Waals surface area contributed by atoms with E-state index in [9.17, 15) is 4.79 Å². The molecule has 34 heavy (non-hydrogen) atoms. The number of rotatable bonds is 5. The van der Waals surface area contributed by atoms with Crippen molar-refractivity contribution < 1.29 is 18.7 Å². The molecule has 6 heteroatoms. The standard InChI is InChI=1S/C28H33FN2O3/c1-33-23-6-7-24(25(29)13-23)27-14-19-12-20(15-27)17-28(16-19,18-27)26(32)30-21-2-4-22(5-3-21)31-8-10-34-11-9-31/h2-7,13,19-20H,8-12,14-18H2,1H3,(H,30,32). The Hall–Kier alpha value is -2.60. The summed E-state index contributed by atoms with van der Waals surface area (Å²) in [5.74, 6) is 1.42. The summed E-state index contributed by atoms with van der Waals surface area (Å²) in [6.07, 6.45) is 5.70. The molecule has 5 aliphatic rings. The Morgan fingerprint density at radius 2 is 1.76 bits per heavy atom. The number of hydrogen-bond donors (Lipinski definition) is 1. The first-order valence-electron chi connectivity index (χ1n) is 12.6. The van der Waals surface area contributed by atoms with Crippen molar-refractivity contribution in [3.8, 4) is 5.75 Å². The number of carbonyl (C=O) groups excluding carboxylic acids is 1. The van der Waals surface area contributed by atoms with Crippen molar-refractivity contribution in [2.45, 2.75) is 43.9 Å². The quantitative estimate of drug-likeness (QED) is 0.665. The number of amides is 1. The lowest BCUT2D eigenvalue weighted by Gasteiger charge is -2.61. The fourth-order valence-corrected chi connectivity index (χ4v) is 7.74. The van der Waals surface area contributed by atoms with E-state index in [2.05, 4.69) is 22.3 Å². The number of halogens is 1. The maximum atomic E-state index is 15.2. The molecule has 7 rings (SSSR count). The molecule has 1 aliphatic heterocycles. The van der Waals surface area contributed by atoms with Crippen LogP contribution in [0, 0.1) is 23.1 Å². The molecule has 1 saturated heterocycles. The predicted octanol–water partition coefficient (Wildman–Crippen LogP) is 5.15. The lowest BCUT2D eigenvalue weighted by Crippen LogP contribution is -2.58. The van der Waals surface area contributed by atoms with Gasteiger partial charge in [-0.15, -0.1) is 0 Å². The van der Waals surface area contributed by atoms with Gasteiger partial charge in [-0.2, -0.15) is 0 Å². The molecular weight excluding hydrogens is 431 g/mol. The van der Waals surface area contributed by atoms with E-state index >= 15 is 4.39 Å². The molecule has 5 nitrogen and oxygen atoms in total. The van der Waals surface area contributed by atoms with Gasteiger partial charge in [-0.25, -0.2) is 4.39 Å². The van der Waals surface area contributed by atoms with Gasteiger partial charge >= 0.3 is 0 Å². The molecule has 0 radical (unpaired) electrons. The summed E-state index contributed by atoms with van der Waals surface area (Å²) in [6, 6.07) is 13.4. The smallest absolute Gasteiger partial charge is 0.230 e. The number of benzene rings is 2. The van der Waals surface area contributed by atoms with Crippen LogP contribution < -0.4 is 15.0 Å². The number of anilines is 2. The maximum absolute atomic E-state index is 15.2. The minimum absolute atomic E-state index is 0.110. The number of ether oxygens (including phenoxy) is 2. The van der Waals surface area contributed by atoms with Gasteiger partial charge in [0, 0.05) is 30.5 Å². The van der Waals surface area contributed by atoms with Gasteiger partial charge in [-0.1, -0.05) is 6.07 Å². The van der Waals surface area contributed by atoms with Gasteiger partial charge in [0.15, 0.2) is 0 Å². The van der Waals surface area contributed by atoms with Gasteiger partial charge in [0.25, 0.3) is 0 Å². The van der Waals surface area contributed by atoms with E-state index in [-0.39, 0.29) is 17.1 Å². The molecule has 5 fully saturated rings. The van der Waals surface area contributed by atoms with Crippen LogP contribution in [0.25, 0.3) is 0 Å². The van der Waals surface area contributed by atoms with Gasteiger partial charge in [0.1, 0.15) is 11.6 Å². The summed E-state index contributed by atoms with van der Waals surface area (Å²) in [4.78, 5) is 16.1. The average molecular weight is 465 g/mol. The summed E-state index contributed by atoms with van der Waals surface area (Å²) in [5.41, 5.74) is 2.10. The first kappa shape index (κ1) is 21.9. The second-order valence-electron chi connectivity index (χ2n) is 11.0. The Labute approximate surface area is 200 Å². The monoisotopic (exact) mass is 464 g/mol. The van der Waals surface area contributed by atoms with Crippen LogP contribution in [0.1, 0.15) is 44.1 Å². The molecular formula is C28H33FN2O3. The van der Waals surface area contributed by atoms with E-state index < -0.39 is 5.41 Å². The number of nitrogens with one attached hydrogen (secondary N) is 1. The molecule has 2 unspecified atom stereocenters. The Morgan fingerprint density at radius 1 is 1.06 bits per heavy atom. The normalized spacial score (nSPS) is 32.0. The molecule has 2 atom stereocenters. The molecule has 1 heterocycles. The molecule has 1 amide bonds. The third-order valence-electron chi connectivity index (χ3n) is 8.79. The van der Waals surface area contributed by atoms with Crippen molar-refractivity contribution in [2.24, 2.45) is 17.3 Å². The van der Waals surface area contributed by atoms with E-state index in [0.29, 0.717) is 17.6 Å². The van der Waals surface area contributed by atoms with Crippen LogP contribution in [0.4, 0.5) is 15.8 Å². The summed E-state index contributed by atoms with van der Waals surface area (Å²) in [5, 5.41) is 3.23. The first-order chi connectivity index (χ1) is 16.5. The highest BCUT2D eigenvalue weighted by Crippen LogP contribution is 2.66. The maximum Gasteiger partial charge on any atom is 0.230 e. The molecule has 4 saturated carbocycles. The van der Waals surface area contributed by atoms with Crippen molar-refractivity contribution in [3.63, 3.8) is 0 Å². The predicted molar refractivity (Wildman–Crippen MR) is 130 cm³/mol. The molecule has 180 valence electrons. The number of morpholine rings is 1. The Bertz CT molecular complexity index is 1070. The molecule has 2 aromatic carbocycles. The Morgan fingerprint density at radius 3 is 2.41 bits per heavy atom. The number of nitrogens with zero attached hydrogens (tertiary/aromatic N) is 1. The zero-order valence-corrected chi connectivity index (χ0v) is 19.8. The fraction of sp³-hybridized carbons (Fsp3) is 0.536. The van der Waals surface area contributed by atoms with Crippen LogP contribution >= 0.6 is 0 Å². The molecule has 0 aromatic heterocycles. The Kier molecular flexibility index (Phi) is 5.32. The van der Waals surface area contributed by atoms with Crippen LogP contribution in [-0.4, -0.2) is 39.3 Å². The number of methoxy groups -OCH3 is 1. The van der Waals surface area contributed by atoms with Crippen molar-refractivity contribution >= 4 is 17.3 Å². The minimum atomic E-state index is -0.417. The third kappa shape index (κ3) is 3.67. The molecule has 2 aromatic rings. The van der Waals surface area contributed by atoms with E-state index in [1.165, 1.54) is 12.5 Å². The molecule has 4 bridgehead atoms. The van der Waals surface area contributed by atoms with E-state index in [1.54, 1.807) is 7.11 Å². The SMILES string of the molecule is COc1ccc(C23CC4CC(CC(C(=O)Nc5ccc(N6CCOCC6)cc5)(C4)C2)C3)c(F)c1. The molecule has 1 N–H and O–H groups in total. The highest BCUT2D eigenvalue weighted by atomic mass is 19.1. The van der Waals surface area contributed by atoms with Crippen molar-refractivity contribution in [2.75, 3.05) is 43.6 Å². The van der Waals surface area contributed by atoms with Crippen LogP contribution in [-0.2, 0) is 14.9 Å². The lowest BCUT2D eigenvalue weighted by atomic mass is 9.42. The van der Waals surface area contributed by atoms with Crippen LogP contribution in [0.2, 0.25) is 0 Å². The van der Waals surface area contributed by atoms with Crippen molar-refractivity contribution in [1.82, 2.24) is 0 Å². The van der Waals surface area contributed by atoms with Gasteiger partial charge in [0.2, 0.25) is 5.91 Å². The first-order valence-corrected chi connectivity index (χ1v) is 12.6. The summed E-state index contributed by atoms with van der Waals surface area (Å²) in [6.45, 7) is 3.28. The second-order valence-corrected chi connectivity index (χ2v) is 11.0. The topological polar surface area (TPSA) is 50.8 Å². The lowest BCUT2D eigenvalue weighted by molar-refractivity contribution is -0.143.